The molecule has 150 valence electrons. The highest BCUT2D eigenvalue weighted by atomic mass is 16.2. The van der Waals surface area contributed by atoms with Gasteiger partial charge in [0.1, 0.15) is 5.69 Å². The lowest BCUT2D eigenvalue weighted by molar-refractivity contribution is 0.0755. The van der Waals surface area contributed by atoms with E-state index in [1.165, 1.54) is 10.9 Å². The average molecular weight is 390 g/mol. The summed E-state index contributed by atoms with van der Waals surface area (Å²) >= 11 is 0. The molecule has 0 saturated carbocycles. The largest absolute Gasteiger partial charge is 0.361 e. The van der Waals surface area contributed by atoms with Gasteiger partial charge in [0.25, 0.3) is 11.8 Å². The fourth-order valence-corrected chi connectivity index (χ4v) is 3.88. The van der Waals surface area contributed by atoms with Crippen LogP contribution in [0.15, 0.2) is 48.8 Å². The van der Waals surface area contributed by atoms with Crippen LogP contribution >= 0.6 is 0 Å². The molecule has 1 fully saturated rings. The lowest BCUT2D eigenvalue weighted by Gasteiger charge is -2.19. The van der Waals surface area contributed by atoms with Crippen LogP contribution in [0.1, 0.15) is 52.1 Å². The maximum atomic E-state index is 12.7. The highest BCUT2D eigenvalue weighted by molar-refractivity contribution is 5.98. The van der Waals surface area contributed by atoms with Gasteiger partial charge in [0.05, 0.1) is 0 Å². The standard InChI is InChI=1S/C23H26N4O2/c28-22(25-12-10-18-16-26-20-8-4-3-7-19(18)20)17-9-11-24-21(15-17)23(29)27-13-5-1-2-6-14-27/h3-4,7-9,11,15-16,26H,1-2,5-6,10,12-14H2,(H,25,28). The first kappa shape index (κ1) is 19.2. The summed E-state index contributed by atoms with van der Waals surface area (Å²) in [7, 11) is 0. The van der Waals surface area contributed by atoms with E-state index in [0.29, 0.717) is 17.8 Å². The molecule has 6 heteroatoms. The number of benzene rings is 1. The average Bonchev–Trinajstić information content (AvgIpc) is 2.97. The zero-order valence-electron chi connectivity index (χ0n) is 16.5. The van der Waals surface area contributed by atoms with Gasteiger partial charge in [0.2, 0.25) is 0 Å². The molecule has 29 heavy (non-hydrogen) atoms. The van der Waals surface area contributed by atoms with Gasteiger partial charge in [-0.2, -0.15) is 0 Å². The molecule has 1 saturated heterocycles. The van der Waals surface area contributed by atoms with Crippen molar-refractivity contribution in [2.45, 2.75) is 32.1 Å². The van der Waals surface area contributed by atoms with Gasteiger partial charge in [0, 0.05) is 48.5 Å². The van der Waals surface area contributed by atoms with Gasteiger partial charge in [-0.1, -0.05) is 31.0 Å². The molecule has 0 spiro atoms. The molecule has 2 amide bonds. The minimum absolute atomic E-state index is 0.0830. The number of pyridine rings is 1. The number of aromatic amines is 1. The highest BCUT2D eigenvalue weighted by Crippen LogP contribution is 2.18. The van der Waals surface area contributed by atoms with Crippen molar-refractivity contribution in [1.29, 1.82) is 0 Å². The van der Waals surface area contributed by atoms with Crippen molar-refractivity contribution in [2.24, 2.45) is 0 Å². The monoisotopic (exact) mass is 390 g/mol. The molecule has 0 radical (unpaired) electrons. The Balaban J connectivity index is 1.37. The predicted molar refractivity (Wildman–Crippen MR) is 113 cm³/mol. The van der Waals surface area contributed by atoms with Crippen molar-refractivity contribution < 1.29 is 9.59 Å². The summed E-state index contributed by atoms with van der Waals surface area (Å²) < 4.78 is 0. The van der Waals surface area contributed by atoms with E-state index in [2.05, 4.69) is 21.4 Å². The van der Waals surface area contributed by atoms with Crippen molar-refractivity contribution in [3.8, 4) is 0 Å². The summed E-state index contributed by atoms with van der Waals surface area (Å²) in [6.45, 7) is 2.06. The Labute approximate surface area is 170 Å². The lowest BCUT2D eigenvalue weighted by Crippen LogP contribution is -2.33. The molecule has 1 aromatic carbocycles. The van der Waals surface area contributed by atoms with Gasteiger partial charge in [0.15, 0.2) is 0 Å². The number of nitrogens with one attached hydrogen (secondary N) is 2. The summed E-state index contributed by atoms with van der Waals surface area (Å²) in [5, 5.41) is 4.13. The minimum atomic E-state index is -0.183. The Hall–Kier alpha value is -3.15. The number of carbonyl (C=O) groups excluding carboxylic acids is 2. The number of H-pyrrole nitrogens is 1. The topological polar surface area (TPSA) is 78.1 Å². The third-order valence-corrected chi connectivity index (χ3v) is 5.49. The summed E-state index contributed by atoms with van der Waals surface area (Å²) in [4.78, 5) is 34.6. The number of amides is 2. The molecule has 2 N–H and O–H groups in total. The van der Waals surface area contributed by atoms with Crippen LogP contribution in [0.5, 0.6) is 0 Å². The molecule has 4 rings (SSSR count). The molecule has 2 aromatic heterocycles. The van der Waals surface area contributed by atoms with Crippen molar-refractivity contribution in [2.75, 3.05) is 19.6 Å². The van der Waals surface area contributed by atoms with Crippen LogP contribution in [0, 0.1) is 0 Å². The van der Waals surface area contributed by atoms with Crippen LogP contribution in [0.25, 0.3) is 10.9 Å². The highest BCUT2D eigenvalue weighted by Gasteiger charge is 2.19. The molecule has 0 atom stereocenters. The zero-order chi connectivity index (χ0) is 20.1. The van der Waals surface area contributed by atoms with Crippen LogP contribution in [-0.2, 0) is 6.42 Å². The fourth-order valence-electron chi connectivity index (χ4n) is 3.88. The van der Waals surface area contributed by atoms with Gasteiger partial charge in [-0.3, -0.25) is 14.6 Å². The number of aromatic nitrogens is 2. The third kappa shape index (κ3) is 4.47. The Morgan fingerprint density at radius 1 is 1.07 bits per heavy atom. The number of nitrogens with zero attached hydrogens (tertiary/aromatic N) is 2. The quantitative estimate of drug-likeness (QED) is 0.699. The van der Waals surface area contributed by atoms with Crippen molar-refractivity contribution in [3.05, 3.63) is 65.6 Å². The van der Waals surface area contributed by atoms with Crippen LogP contribution in [0.4, 0.5) is 0 Å². The second-order valence-corrected chi connectivity index (χ2v) is 7.50. The van der Waals surface area contributed by atoms with Crippen LogP contribution < -0.4 is 5.32 Å². The van der Waals surface area contributed by atoms with E-state index < -0.39 is 0 Å². The first-order valence-electron chi connectivity index (χ1n) is 10.3. The van der Waals surface area contributed by atoms with Crippen LogP contribution in [0.2, 0.25) is 0 Å². The van der Waals surface area contributed by atoms with E-state index in [0.717, 1.165) is 50.7 Å². The molecule has 0 unspecified atom stereocenters. The number of hydrogen-bond donors (Lipinski definition) is 2. The molecule has 3 heterocycles. The number of carbonyl (C=O) groups is 2. The normalized spacial score (nSPS) is 14.6. The summed E-state index contributed by atoms with van der Waals surface area (Å²) in [6, 6.07) is 11.4. The molecule has 1 aliphatic heterocycles. The van der Waals surface area contributed by atoms with E-state index in [-0.39, 0.29) is 11.8 Å². The number of likely N-dealkylation sites (tertiary alicyclic amines) is 1. The smallest absolute Gasteiger partial charge is 0.272 e. The van der Waals surface area contributed by atoms with E-state index >= 15 is 0 Å². The molecular weight excluding hydrogens is 364 g/mol. The molecule has 3 aromatic rings. The number of hydrogen-bond acceptors (Lipinski definition) is 3. The van der Waals surface area contributed by atoms with Gasteiger partial charge >= 0.3 is 0 Å². The molecule has 0 aliphatic carbocycles. The van der Waals surface area contributed by atoms with Crippen LogP contribution in [0.3, 0.4) is 0 Å². The summed E-state index contributed by atoms with van der Waals surface area (Å²) in [6.07, 6.45) is 8.65. The first-order valence-corrected chi connectivity index (χ1v) is 10.3. The Morgan fingerprint density at radius 3 is 2.69 bits per heavy atom. The number of para-hydroxylation sites is 1. The van der Waals surface area contributed by atoms with Gasteiger partial charge in [-0.15, -0.1) is 0 Å². The number of rotatable bonds is 5. The summed E-state index contributed by atoms with van der Waals surface area (Å²) in [5.74, 6) is -0.266. The first-order chi connectivity index (χ1) is 14.2. The fraction of sp³-hybridized carbons (Fsp3) is 0.348. The zero-order valence-corrected chi connectivity index (χ0v) is 16.5. The van der Waals surface area contributed by atoms with Gasteiger partial charge in [-0.05, 0) is 43.0 Å². The minimum Gasteiger partial charge on any atom is -0.361 e. The molecular formula is C23H26N4O2. The molecule has 6 nitrogen and oxygen atoms in total. The lowest BCUT2D eigenvalue weighted by atomic mass is 10.1. The Kier molecular flexibility index (Phi) is 5.89. The van der Waals surface area contributed by atoms with Gasteiger partial charge in [-0.25, -0.2) is 0 Å². The van der Waals surface area contributed by atoms with Crippen molar-refractivity contribution in [3.63, 3.8) is 0 Å². The van der Waals surface area contributed by atoms with E-state index in [1.807, 2.05) is 29.3 Å². The Morgan fingerprint density at radius 2 is 1.86 bits per heavy atom. The second kappa shape index (κ2) is 8.90. The maximum Gasteiger partial charge on any atom is 0.272 e. The third-order valence-electron chi connectivity index (χ3n) is 5.49. The van der Waals surface area contributed by atoms with Crippen molar-refractivity contribution in [1.82, 2.24) is 20.2 Å². The molecule has 1 aliphatic rings. The van der Waals surface area contributed by atoms with E-state index in [1.54, 1.807) is 18.3 Å². The predicted octanol–water partition coefficient (Wildman–Crippen LogP) is 3.55. The Bertz CT molecular complexity index is 1000. The van der Waals surface area contributed by atoms with Crippen LogP contribution in [-0.4, -0.2) is 46.3 Å². The second-order valence-electron chi connectivity index (χ2n) is 7.50. The summed E-state index contributed by atoms with van der Waals surface area (Å²) in [5.41, 5.74) is 3.08. The van der Waals surface area contributed by atoms with Gasteiger partial charge < -0.3 is 15.2 Å². The molecule has 0 bridgehead atoms. The maximum absolute atomic E-state index is 12.7. The van der Waals surface area contributed by atoms with Crippen molar-refractivity contribution >= 4 is 22.7 Å². The van der Waals surface area contributed by atoms with E-state index in [9.17, 15) is 9.59 Å². The SMILES string of the molecule is O=C(NCCc1c[nH]c2ccccc12)c1ccnc(C(=O)N2CCCCCC2)c1. The number of fused-ring (bicyclic) bond motifs is 1. The van der Waals surface area contributed by atoms with E-state index in [4.69, 9.17) is 0 Å².